The van der Waals surface area contributed by atoms with Gasteiger partial charge < -0.3 is 44.0 Å². The Kier molecular flexibility index (Phi) is 14.5. The Morgan fingerprint density at radius 1 is 0.800 bits per heavy atom. The van der Waals surface area contributed by atoms with Crippen molar-refractivity contribution in [2.24, 2.45) is 39.8 Å². The number of aliphatic imine (C=N–C) groups is 1. The number of aliphatic hydroxyl groups excluding tert-OH is 1. The Hall–Kier alpha value is -2.93. The molecule has 0 aliphatic heterocycles. The third kappa shape index (κ3) is 13.5. The largest absolute Gasteiger partial charge is 0.391 e. The van der Waals surface area contributed by atoms with Crippen molar-refractivity contribution in [1.82, 2.24) is 16.0 Å². The zero-order valence-corrected chi connectivity index (χ0v) is 21.4. The molecule has 0 saturated carbocycles. The van der Waals surface area contributed by atoms with Crippen molar-refractivity contribution < 1.29 is 24.3 Å². The van der Waals surface area contributed by atoms with Crippen LogP contribution in [0.3, 0.4) is 0 Å². The first-order chi connectivity index (χ1) is 16.1. The van der Waals surface area contributed by atoms with Gasteiger partial charge in [-0.1, -0.05) is 27.7 Å². The number of rotatable bonds is 16. The van der Waals surface area contributed by atoms with Crippen molar-refractivity contribution >= 4 is 29.6 Å². The number of aliphatic hydroxyl groups is 1. The number of nitrogens with two attached hydrogens (primary N) is 4. The van der Waals surface area contributed by atoms with E-state index in [0.29, 0.717) is 12.8 Å². The summed E-state index contributed by atoms with van der Waals surface area (Å²) in [6.45, 7) is 9.11. The molecule has 0 rings (SSSR count). The number of hydrogen-bond donors (Lipinski definition) is 8. The molecule has 4 amide bonds. The van der Waals surface area contributed by atoms with E-state index in [1.807, 2.05) is 27.7 Å². The average molecular weight is 501 g/mol. The molecule has 0 unspecified atom stereocenters. The minimum Gasteiger partial charge on any atom is -0.391 e. The van der Waals surface area contributed by atoms with Crippen molar-refractivity contribution in [3.8, 4) is 0 Å². The summed E-state index contributed by atoms with van der Waals surface area (Å²) in [5.74, 6) is -2.64. The number of amides is 4. The predicted octanol–water partition coefficient (Wildman–Crippen LogP) is -2.22. The normalized spacial score (nSPS) is 15.5. The van der Waals surface area contributed by atoms with Crippen molar-refractivity contribution in [1.29, 1.82) is 0 Å². The number of carbonyl (C=O) groups excluding carboxylic acids is 4. The fraction of sp³-hybridized carbons (Fsp3) is 0.773. The maximum atomic E-state index is 12.9. The van der Waals surface area contributed by atoms with Crippen LogP contribution < -0.4 is 38.9 Å². The molecule has 5 atom stereocenters. The van der Waals surface area contributed by atoms with Crippen molar-refractivity contribution in [2.75, 3.05) is 6.54 Å². The van der Waals surface area contributed by atoms with Crippen LogP contribution in [0.1, 0.15) is 60.3 Å². The van der Waals surface area contributed by atoms with Crippen molar-refractivity contribution in [3.05, 3.63) is 0 Å². The van der Waals surface area contributed by atoms with Crippen LogP contribution in [-0.4, -0.2) is 71.5 Å². The van der Waals surface area contributed by atoms with E-state index < -0.39 is 53.9 Å². The third-order valence-corrected chi connectivity index (χ3v) is 5.07. The highest BCUT2D eigenvalue weighted by Gasteiger charge is 2.32. The summed E-state index contributed by atoms with van der Waals surface area (Å²) in [5.41, 5.74) is 21.8. The van der Waals surface area contributed by atoms with Crippen molar-refractivity contribution in [2.45, 2.75) is 90.6 Å². The molecule has 12 N–H and O–H groups in total. The molecule has 0 spiro atoms. The van der Waals surface area contributed by atoms with E-state index in [1.54, 1.807) is 0 Å². The molecule has 0 saturated heterocycles. The first-order valence-corrected chi connectivity index (χ1v) is 11.8. The van der Waals surface area contributed by atoms with E-state index in [1.165, 1.54) is 6.92 Å². The molecule has 0 aromatic carbocycles. The summed E-state index contributed by atoms with van der Waals surface area (Å²) >= 11 is 0. The lowest BCUT2D eigenvalue weighted by Gasteiger charge is -2.27. The molecule has 0 heterocycles. The number of carbonyl (C=O) groups is 4. The van der Waals surface area contributed by atoms with Gasteiger partial charge in [0.1, 0.15) is 18.1 Å². The van der Waals surface area contributed by atoms with Gasteiger partial charge in [-0.05, 0) is 44.4 Å². The van der Waals surface area contributed by atoms with Crippen LogP contribution >= 0.6 is 0 Å². The van der Waals surface area contributed by atoms with Gasteiger partial charge in [0.05, 0.1) is 12.1 Å². The topological polar surface area (TPSA) is 241 Å². The monoisotopic (exact) mass is 500 g/mol. The molecule has 13 heteroatoms. The van der Waals surface area contributed by atoms with E-state index >= 15 is 0 Å². The molecule has 0 fully saturated rings. The fourth-order valence-corrected chi connectivity index (χ4v) is 3.31. The van der Waals surface area contributed by atoms with Gasteiger partial charge in [0.15, 0.2) is 5.96 Å². The highest BCUT2D eigenvalue weighted by atomic mass is 16.3. The number of hydrogen-bond acceptors (Lipinski definition) is 7. The van der Waals surface area contributed by atoms with E-state index in [4.69, 9.17) is 22.9 Å². The molecule has 0 bridgehead atoms. The van der Waals surface area contributed by atoms with Gasteiger partial charge in [0.25, 0.3) is 0 Å². The van der Waals surface area contributed by atoms with Gasteiger partial charge >= 0.3 is 0 Å². The quantitative estimate of drug-likeness (QED) is 0.0654. The number of nitrogens with one attached hydrogen (secondary N) is 3. The van der Waals surface area contributed by atoms with Crippen LogP contribution in [0.2, 0.25) is 0 Å². The van der Waals surface area contributed by atoms with E-state index in [9.17, 15) is 24.3 Å². The molecule has 0 aliphatic carbocycles. The summed E-state index contributed by atoms with van der Waals surface area (Å²) in [6, 6.07) is -4.21. The molecular weight excluding hydrogens is 456 g/mol. The number of nitrogens with zero attached hydrogens (tertiary/aromatic N) is 1. The fourth-order valence-electron chi connectivity index (χ4n) is 3.31. The highest BCUT2D eigenvalue weighted by Crippen LogP contribution is 2.09. The first-order valence-electron chi connectivity index (χ1n) is 11.8. The SMILES string of the molecule is CC(C)C[C@H](NC(=O)[C@@H](NC(=O)[C@@H](N)CC(C)C)[C@@H](C)O)C(=O)N[C@@H](CCCN=C(N)N)C(N)=O. The van der Waals surface area contributed by atoms with Crippen LogP contribution in [0, 0.1) is 11.8 Å². The molecule has 0 aliphatic rings. The maximum Gasteiger partial charge on any atom is 0.245 e. The first kappa shape index (κ1) is 32.1. The van der Waals surface area contributed by atoms with Gasteiger partial charge in [-0.3, -0.25) is 24.2 Å². The summed E-state index contributed by atoms with van der Waals surface area (Å²) in [4.78, 5) is 53.9. The standard InChI is InChI=1S/C22H44N8O5/c1-11(2)9-14(23)19(33)30-17(13(5)31)21(35)29-16(10-12(3)4)20(34)28-15(18(24)32)7-6-8-27-22(25)26/h11-17,31H,6-10,23H2,1-5H3,(H2,24,32)(H,28,34)(H,29,35)(H,30,33)(H4,25,26,27)/t13-,14+,15+,16+,17+/m1/s1. The Balaban J connectivity index is 5.39. The second kappa shape index (κ2) is 15.9. The van der Waals surface area contributed by atoms with Gasteiger partial charge in [-0.25, -0.2) is 0 Å². The lowest BCUT2D eigenvalue weighted by Crippen LogP contribution is -2.60. The van der Waals surface area contributed by atoms with Gasteiger partial charge in [0.2, 0.25) is 23.6 Å². The summed E-state index contributed by atoms with van der Waals surface area (Å²) in [7, 11) is 0. The van der Waals surface area contributed by atoms with Crippen LogP contribution in [-0.2, 0) is 19.2 Å². The second-order valence-electron chi connectivity index (χ2n) is 9.57. The smallest absolute Gasteiger partial charge is 0.245 e. The minimum absolute atomic E-state index is 0.000926. The summed E-state index contributed by atoms with van der Waals surface area (Å²) < 4.78 is 0. The molecule has 202 valence electrons. The molecule has 35 heavy (non-hydrogen) atoms. The van der Waals surface area contributed by atoms with Crippen LogP contribution in [0.4, 0.5) is 0 Å². The molecule has 0 aromatic heterocycles. The Bertz CT molecular complexity index is 737. The Morgan fingerprint density at radius 2 is 1.34 bits per heavy atom. The van der Waals surface area contributed by atoms with Crippen LogP contribution in [0.15, 0.2) is 4.99 Å². The number of primary amides is 1. The zero-order valence-electron chi connectivity index (χ0n) is 21.4. The van der Waals surface area contributed by atoms with E-state index in [-0.39, 0.29) is 37.2 Å². The van der Waals surface area contributed by atoms with E-state index in [2.05, 4.69) is 20.9 Å². The predicted molar refractivity (Wildman–Crippen MR) is 133 cm³/mol. The second-order valence-corrected chi connectivity index (χ2v) is 9.57. The highest BCUT2D eigenvalue weighted by molar-refractivity contribution is 5.94. The molecule has 0 aromatic rings. The summed E-state index contributed by atoms with van der Waals surface area (Å²) in [5, 5.41) is 17.7. The maximum absolute atomic E-state index is 12.9. The molecule has 13 nitrogen and oxygen atoms in total. The minimum atomic E-state index is -1.32. The Morgan fingerprint density at radius 3 is 1.80 bits per heavy atom. The van der Waals surface area contributed by atoms with Crippen LogP contribution in [0.5, 0.6) is 0 Å². The van der Waals surface area contributed by atoms with Crippen LogP contribution in [0.25, 0.3) is 0 Å². The van der Waals surface area contributed by atoms with Crippen molar-refractivity contribution in [3.63, 3.8) is 0 Å². The van der Waals surface area contributed by atoms with Gasteiger partial charge in [-0.15, -0.1) is 0 Å². The molecular formula is C22H44N8O5. The van der Waals surface area contributed by atoms with Gasteiger partial charge in [0, 0.05) is 6.54 Å². The lowest BCUT2D eigenvalue weighted by molar-refractivity contribution is -0.135. The summed E-state index contributed by atoms with van der Waals surface area (Å²) in [6.07, 6.45) is -0.0256. The van der Waals surface area contributed by atoms with E-state index in [0.717, 1.165) is 0 Å². The zero-order chi connectivity index (χ0) is 27.3. The van der Waals surface area contributed by atoms with Gasteiger partial charge in [-0.2, -0.15) is 0 Å². The third-order valence-electron chi connectivity index (χ3n) is 5.07. The Labute approximate surface area is 207 Å². The molecule has 0 radical (unpaired) electrons. The average Bonchev–Trinajstić information content (AvgIpc) is 2.71. The lowest BCUT2D eigenvalue weighted by atomic mass is 10.0. The number of guanidine groups is 1.